The van der Waals surface area contributed by atoms with Crippen molar-refractivity contribution in [1.29, 1.82) is 0 Å². The van der Waals surface area contributed by atoms with Gasteiger partial charge in [-0.15, -0.1) is 0 Å². The number of aryl methyl sites for hydroxylation is 1. The Labute approximate surface area is 193 Å². The van der Waals surface area contributed by atoms with Gasteiger partial charge in [-0.25, -0.2) is 19.9 Å². The maximum absolute atomic E-state index is 13.3. The number of pyridine rings is 2. The molecule has 0 radical (unpaired) electrons. The van der Waals surface area contributed by atoms with Crippen molar-refractivity contribution < 1.29 is 5.11 Å². The van der Waals surface area contributed by atoms with Crippen molar-refractivity contribution in [3.8, 4) is 11.4 Å². The van der Waals surface area contributed by atoms with E-state index in [0.717, 1.165) is 0 Å². The predicted octanol–water partition coefficient (Wildman–Crippen LogP) is 2.05. The second-order valence-electron chi connectivity index (χ2n) is 7.75. The highest BCUT2D eigenvalue weighted by molar-refractivity contribution is 5.96. The van der Waals surface area contributed by atoms with Crippen LogP contribution in [0.2, 0.25) is 0 Å². The molecule has 12 heteroatoms. The maximum Gasteiger partial charge on any atom is 0.261 e. The van der Waals surface area contributed by atoms with Gasteiger partial charge in [0.2, 0.25) is 0 Å². The van der Waals surface area contributed by atoms with Crippen molar-refractivity contribution in [2.45, 2.75) is 26.4 Å². The molecule has 34 heavy (non-hydrogen) atoms. The zero-order valence-electron chi connectivity index (χ0n) is 18.7. The van der Waals surface area contributed by atoms with Crippen molar-refractivity contribution in [2.24, 2.45) is 0 Å². The first kappa shape index (κ1) is 21.5. The number of aromatic nitrogens is 8. The van der Waals surface area contributed by atoms with Gasteiger partial charge in [-0.05, 0) is 19.9 Å². The van der Waals surface area contributed by atoms with E-state index in [1.165, 1.54) is 0 Å². The molecule has 0 bridgehead atoms. The van der Waals surface area contributed by atoms with E-state index in [-0.39, 0.29) is 18.2 Å². The highest BCUT2D eigenvalue weighted by atomic mass is 16.3. The van der Waals surface area contributed by atoms with Gasteiger partial charge in [-0.2, -0.15) is 5.10 Å². The molecule has 0 spiro atoms. The summed E-state index contributed by atoms with van der Waals surface area (Å²) in [5.74, 6) is 1.55. The molecule has 174 valence electrons. The first-order valence-electron chi connectivity index (χ1n) is 10.9. The molecule has 5 aromatic rings. The van der Waals surface area contributed by atoms with Crippen molar-refractivity contribution in [3.63, 3.8) is 0 Å². The quantitative estimate of drug-likeness (QED) is 0.233. The lowest BCUT2D eigenvalue weighted by Gasteiger charge is -2.16. The third kappa shape index (κ3) is 3.94. The monoisotopic (exact) mass is 460 g/mol. The molecule has 0 aromatic carbocycles. The molecule has 0 amide bonds. The van der Waals surface area contributed by atoms with Crippen molar-refractivity contribution >= 4 is 33.6 Å². The number of hydrogen-bond donors (Lipinski definition) is 5. The van der Waals surface area contributed by atoms with Crippen molar-refractivity contribution in [1.82, 2.24) is 39.7 Å². The summed E-state index contributed by atoms with van der Waals surface area (Å²) in [6.07, 6.45) is 6.79. The second kappa shape index (κ2) is 8.90. The number of aromatic amines is 2. The summed E-state index contributed by atoms with van der Waals surface area (Å²) in [7, 11) is 0. The Kier molecular flexibility index (Phi) is 5.64. The van der Waals surface area contributed by atoms with Crippen LogP contribution in [0.15, 0.2) is 41.7 Å². The number of nitrogens with zero attached hydrogens (tertiary/aromatic N) is 6. The Bertz CT molecular complexity index is 1510. The molecule has 0 unspecified atom stereocenters. The minimum absolute atomic E-state index is 0.0102. The van der Waals surface area contributed by atoms with Crippen LogP contribution in [0, 0.1) is 0 Å². The predicted molar refractivity (Wildman–Crippen MR) is 129 cm³/mol. The van der Waals surface area contributed by atoms with E-state index in [2.05, 4.69) is 45.6 Å². The van der Waals surface area contributed by atoms with Gasteiger partial charge in [0.15, 0.2) is 0 Å². The van der Waals surface area contributed by atoms with E-state index in [4.69, 9.17) is 5.11 Å². The Balaban J connectivity index is 1.66. The number of aliphatic hydroxyl groups is 1. The van der Waals surface area contributed by atoms with Crippen LogP contribution in [0.3, 0.4) is 0 Å². The third-order valence-electron chi connectivity index (χ3n) is 5.40. The summed E-state index contributed by atoms with van der Waals surface area (Å²) < 4.78 is 1.76. The van der Waals surface area contributed by atoms with Gasteiger partial charge in [-0.1, -0.05) is 0 Å². The van der Waals surface area contributed by atoms with Gasteiger partial charge in [0.05, 0.1) is 41.1 Å². The number of H-pyrrole nitrogens is 2. The number of fused-ring (bicyclic) bond motifs is 2. The average Bonchev–Trinajstić information content (AvgIpc) is 3.46. The van der Waals surface area contributed by atoms with Gasteiger partial charge in [0.25, 0.3) is 5.56 Å². The maximum atomic E-state index is 13.3. The van der Waals surface area contributed by atoms with E-state index < -0.39 is 0 Å². The summed E-state index contributed by atoms with van der Waals surface area (Å²) in [6, 6.07) is 3.22. The smallest absolute Gasteiger partial charge is 0.261 e. The minimum Gasteiger partial charge on any atom is -0.395 e. The molecule has 5 heterocycles. The molecule has 5 rings (SSSR count). The summed E-state index contributed by atoms with van der Waals surface area (Å²) in [5, 5.41) is 20.1. The average molecular weight is 461 g/mol. The van der Waals surface area contributed by atoms with E-state index >= 15 is 0 Å². The molecule has 0 aliphatic rings. The van der Waals surface area contributed by atoms with Gasteiger partial charge in [-0.3, -0.25) is 9.48 Å². The van der Waals surface area contributed by atoms with Crippen LogP contribution in [0.1, 0.15) is 25.7 Å². The molecule has 0 aliphatic carbocycles. The van der Waals surface area contributed by atoms with Gasteiger partial charge < -0.3 is 25.7 Å². The summed E-state index contributed by atoms with van der Waals surface area (Å²) in [5.41, 5.74) is 3.10. The molecule has 5 aromatic heterocycles. The Morgan fingerprint density at radius 2 is 2.00 bits per heavy atom. The standard InChI is InChI=1S/C22H24N10O2/c1-3-32-11-15-18(31-32)19(27-12(2)20-24-5-4-6-25-20)17(22(34)30-15)21-28-13-9-16(23-7-8-33)26-10-14(13)29-21/h4-6,9-12,27,33H,3,7-8H2,1-2H3,(H,23,26)(H,28,29)(H,30,34)/t12-/m0/s1. The van der Waals surface area contributed by atoms with Crippen LogP contribution in [-0.2, 0) is 6.54 Å². The van der Waals surface area contributed by atoms with E-state index in [0.29, 0.717) is 63.9 Å². The first-order valence-corrected chi connectivity index (χ1v) is 10.9. The lowest BCUT2D eigenvalue weighted by Crippen LogP contribution is -2.17. The SMILES string of the molecule is CCn1cc2[nH]c(=O)c(-c3nc4cc(NCCO)ncc4[nH]3)c(N[C@@H](C)c3ncccn3)c2n1. The molecule has 1 atom stereocenters. The van der Waals surface area contributed by atoms with E-state index in [1.807, 2.05) is 13.8 Å². The molecule has 0 fully saturated rings. The number of aliphatic hydroxyl groups excluding tert-OH is 1. The summed E-state index contributed by atoms with van der Waals surface area (Å²) >= 11 is 0. The van der Waals surface area contributed by atoms with Crippen molar-refractivity contribution in [3.05, 3.63) is 53.1 Å². The zero-order valence-corrected chi connectivity index (χ0v) is 18.7. The Morgan fingerprint density at radius 3 is 2.76 bits per heavy atom. The fourth-order valence-electron chi connectivity index (χ4n) is 3.77. The highest BCUT2D eigenvalue weighted by Gasteiger charge is 2.22. The van der Waals surface area contributed by atoms with Crippen LogP contribution in [0.4, 0.5) is 11.5 Å². The van der Waals surface area contributed by atoms with Crippen LogP contribution in [-0.4, -0.2) is 57.9 Å². The number of imidazole rings is 1. The van der Waals surface area contributed by atoms with E-state index in [1.54, 1.807) is 41.6 Å². The second-order valence-corrected chi connectivity index (χ2v) is 7.75. The topological polar surface area (TPSA) is 162 Å². The Morgan fingerprint density at radius 1 is 1.18 bits per heavy atom. The lowest BCUT2D eigenvalue weighted by molar-refractivity contribution is 0.311. The number of rotatable bonds is 8. The number of anilines is 2. The lowest BCUT2D eigenvalue weighted by atomic mass is 10.1. The fourth-order valence-corrected chi connectivity index (χ4v) is 3.77. The van der Waals surface area contributed by atoms with Gasteiger partial charge in [0, 0.05) is 37.7 Å². The number of hydrogen-bond acceptors (Lipinski definition) is 9. The third-order valence-corrected chi connectivity index (χ3v) is 5.40. The largest absolute Gasteiger partial charge is 0.395 e. The van der Waals surface area contributed by atoms with Gasteiger partial charge in [0.1, 0.15) is 28.5 Å². The molecule has 0 saturated heterocycles. The zero-order chi connectivity index (χ0) is 23.7. The first-order chi connectivity index (χ1) is 16.6. The molecular weight excluding hydrogens is 436 g/mol. The van der Waals surface area contributed by atoms with E-state index in [9.17, 15) is 4.79 Å². The molecule has 5 N–H and O–H groups in total. The van der Waals surface area contributed by atoms with Crippen LogP contribution in [0.5, 0.6) is 0 Å². The van der Waals surface area contributed by atoms with Crippen LogP contribution < -0.4 is 16.2 Å². The normalized spacial score (nSPS) is 12.3. The molecule has 0 saturated carbocycles. The minimum atomic E-state index is -0.308. The highest BCUT2D eigenvalue weighted by Crippen LogP contribution is 2.32. The molecule has 12 nitrogen and oxygen atoms in total. The Hall–Kier alpha value is -4.32. The summed E-state index contributed by atoms with van der Waals surface area (Å²) in [6.45, 7) is 4.92. The summed E-state index contributed by atoms with van der Waals surface area (Å²) in [4.78, 5) is 37.0. The molecule has 0 aliphatic heterocycles. The van der Waals surface area contributed by atoms with Crippen LogP contribution in [0.25, 0.3) is 33.5 Å². The van der Waals surface area contributed by atoms with Crippen molar-refractivity contribution in [2.75, 3.05) is 23.8 Å². The van der Waals surface area contributed by atoms with Gasteiger partial charge >= 0.3 is 0 Å². The molecular formula is C22H24N10O2. The fraction of sp³-hybridized carbons (Fsp3) is 0.273. The van der Waals surface area contributed by atoms with Crippen LogP contribution >= 0.6 is 0 Å². The number of nitrogens with one attached hydrogen (secondary N) is 4.